The second-order valence-corrected chi connectivity index (χ2v) is 11.0. The van der Waals surface area contributed by atoms with E-state index in [-0.39, 0.29) is 11.5 Å². The van der Waals surface area contributed by atoms with Crippen molar-refractivity contribution in [3.63, 3.8) is 0 Å². The van der Waals surface area contributed by atoms with Crippen molar-refractivity contribution in [2.75, 3.05) is 38.2 Å². The van der Waals surface area contributed by atoms with E-state index >= 15 is 0 Å². The summed E-state index contributed by atoms with van der Waals surface area (Å²) < 4.78 is 42.4. The van der Waals surface area contributed by atoms with Crippen molar-refractivity contribution < 1.29 is 22.3 Å². The number of hydrogen-bond donors (Lipinski definition) is 1. The highest BCUT2D eigenvalue weighted by Crippen LogP contribution is 2.39. The van der Waals surface area contributed by atoms with Crippen molar-refractivity contribution in [3.05, 3.63) is 63.5 Å². The number of thiazole rings is 1. The van der Waals surface area contributed by atoms with Gasteiger partial charge in [0, 0.05) is 36.9 Å². The fraction of sp³-hybridized carbons (Fsp3) is 0.381. The van der Waals surface area contributed by atoms with E-state index in [0.29, 0.717) is 47.3 Å². The Bertz CT molecular complexity index is 1160. The lowest BCUT2D eigenvalue weighted by Crippen LogP contribution is -2.47. The molecule has 0 radical (unpaired) electrons. The number of hydrogen-bond acceptors (Lipinski definition) is 9. The number of aromatic nitrogens is 1. The molecule has 170 valence electrons. The van der Waals surface area contributed by atoms with E-state index in [1.165, 1.54) is 30.6 Å². The Balaban J connectivity index is 1.81. The van der Waals surface area contributed by atoms with Crippen molar-refractivity contribution in [2.45, 2.75) is 12.5 Å². The zero-order valence-corrected chi connectivity index (χ0v) is 19.3. The normalized spacial score (nSPS) is 23.4. The topological polar surface area (TPSA) is 101 Å². The van der Waals surface area contributed by atoms with Crippen LogP contribution in [0.3, 0.4) is 0 Å². The predicted molar refractivity (Wildman–Crippen MR) is 120 cm³/mol. The lowest BCUT2D eigenvalue weighted by Gasteiger charge is -2.37. The number of rotatable bonds is 5. The molecule has 0 amide bonds. The smallest absolute Gasteiger partial charge is 0.338 e. The molecule has 1 N–H and O–H groups in total. The first kappa shape index (κ1) is 22.6. The number of halogens is 1. The number of carbonyl (C=O) groups excluding carboxylic acids is 1. The molecular weight excluding hydrogens is 455 g/mol. The van der Waals surface area contributed by atoms with Crippen LogP contribution in [0, 0.1) is 5.82 Å². The Morgan fingerprint density at radius 1 is 1.28 bits per heavy atom. The second-order valence-electron chi connectivity index (χ2n) is 7.77. The molecule has 0 saturated carbocycles. The number of nitrogens with zero attached hydrogens (tertiary/aromatic N) is 3. The Labute approximate surface area is 189 Å². The maximum Gasteiger partial charge on any atom is 0.338 e. The minimum atomic E-state index is -3.04. The monoisotopic (exact) mass is 478 g/mol. The fourth-order valence-electron chi connectivity index (χ4n) is 3.91. The van der Waals surface area contributed by atoms with E-state index in [1.807, 2.05) is 10.3 Å². The molecule has 3 heterocycles. The standard InChI is InChI=1S/C21H23FN4O4S2/c1-21(14-3-5-15(22)6-4-14)17(20(27)30-2)16(13-26-8-11-32(28,29)12-9-26)24-18(25-21)19-23-7-10-31-19/h3-7,10H,8-9,11-13H2,1-2H3,(H,24,25). The Morgan fingerprint density at radius 2 is 1.97 bits per heavy atom. The minimum absolute atomic E-state index is 0.0660. The van der Waals surface area contributed by atoms with Gasteiger partial charge in [0.1, 0.15) is 11.4 Å². The summed E-state index contributed by atoms with van der Waals surface area (Å²) in [4.78, 5) is 24.1. The van der Waals surface area contributed by atoms with E-state index in [2.05, 4.69) is 10.3 Å². The molecule has 2 aromatic rings. The van der Waals surface area contributed by atoms with Crippen molar-refractivity contribution in [1.82, 2.24) is 15.2 Å². The first-order valence-electron chi connectivity index (χ1n) is 9.99. The molecule has 2 aliphatic heterocycles. The number of nitrogens with one attached hydrogen (secondary N) is 1. The van der Waals surface area contributed by atoms with Gasteiger partial charge in [-0.1, -0.05) is 12.1 Å². The average Bonchev–Trinajstić information content (AvgIpc) is 3.30. The maximum atomic E-state index is 13.6. The van der Waals surface area contributed by atoms with Crippen LogP contribution in [0.5, 0.6) is 0 Å². The Hall–Kier alpha value is -2.63. The molecule has 1 unspecified atom stereocenters. The molecule has 1 fully saturated rings. The summed E-state index contributed by atoms with van der Waals surface area (Å²) in [5, 5.41) is 5.70. The molecule has 2 aliphatic rings. The zero-order valence-electron chi connectivity index (χ0n) is 17.7. The van der Waals surface area contributed by atoms with Crippen LogP contribution in [0.4, 0.5) is 4.39 Å². The van der Waals surface area contributed by atoms with Crippen LogP contribution in [0.1, 0.15) is 17.5 Å². The van der Waals surface area contributed by atoms with Crippen LogP contribution in [-0.4, -0.2) is 68.4 Å². The maximum absolute atomic E-state index is 13.6. The van der Waals surface area contributed by atoms with Gasteiger partial charge >= 0.3 is 5.97 Å². The summed E-state index contributed by atoms with van der Waals surface area (Å²) in [5.74, 6) is -0.341. The van der Waals surface area contributed by atoms with E-state index < -0.39 is 27.2 Å². The molecule has 0 spiro atoms. The quantitative estimate of drug-likeness (QED) is 0.653. The van der Waals surface area contributed by atoms with E-state index in [9.17, 15) is 17.6 Å². The molecule has 1 aromatic carbocycles. The van der Waals surface area contributed by atoms with E-state index in [1.54, 1.807) is 25.3 Å². The first-order chi connectivity index (χ1) is 15.2. The van der Waals surface area contributed by atoms with Crippen LogP contribution in [0.15, 0.2) is 52.1 Å². The SMILES string of the molecule is COC(=O)C1=C(CN2CCS(=O)(=O)CC2)NC(c2nccs2)=NC1(C)c1ccc(F)cc1. The third kappa shape index (κ3) is 4.45. The lowest BCUT2D eigenvalue weighted by molar-refractivity contribution is -0.137. The zero-order chi connectivity index (χ0) is 22.9. The number of amidine groups is 1. The third-order valence-corrected chi connectivity index (χ3v) is 8.03. The van der Waals surface area contributed by atoms with Crippen LogP contribution >= 0.6 is 11.3 Å². The van der Waals surface area contributed by atoms with Crippen LogP contribution < -0.4 is 5.32 Å². The summed E-state index contributed by atoms with van der Waals surface area (Å²) in [5.41, 5.74) is 0.307. The summed E-state index contributed by atoms with van der Waals surface area (Å²) in [7, 11) is -1.75. The van der Waals surface area contributed by atoms with Gasteiger partial charge in [-0.15, -0.1) is 11.3 Å². The lowest BCUT2D eigenvalue weighted by atomic mass is 9.82. The summed E-state index contributed by atoms with van der Waals surface area (Å²) in [6.07, 6.45) is 1.66. The number of esters is 1. The molecule has 11 heteroatoms. The highest BCUT2D eigenvalue weighted by atomic mass is 32.2. The van der Waals surface area contributed by atoms with Gasteiger partial charge in [0.25, 0.3) is 0 Å². The van der Waals surface area contributed by atoms with Gasteiger partial charge in [-0.05, 0) is 24.6 Å². The molecule has 32 heavy (non-hydrogen) atoms. The Morgan fingerprint density at radius 3 is 2.56 bits per heavy atom. The number of benzene rings is 1. The van der Waals surface area contributed by atoms with Gasteiger partial charge in [-0.25, -0.2) is 27.6 Å². The molecule has 1 aromatic heterocycles. The van der Waals surface area contributed by atoms with E-state index in [0.717, 1.165) is 0 Å². The summed E-state index contributed by atoms with van der Waals surface area (Å²) in [6, 6.07) is 5.84. The van der Waals surface area contributed by atoms with Crippen molar-refractivity contribution in [3.8, 4) is 0 Å². The first-order valence-corrected chi connectivity index (χ1v) is 12.7. The fourth-order valence-corrected chi connectivity index (χ4v) is 5.76. The summed E-state index contributed by atoms with van der Waals surface area (Å²) in [6.45, 7) is 2.81. The van der Waals surface area contributed by atoms with Crippen molar-refractivity contribution in [2.24, 2.45) is 4.99 Å². The molecule has 8 nitrogen and oxygen atoms in total. The van der Waals surface area contributed by atoms with Crippen LogP contribution in [0.2, 0.25) is 0 Å². The summed E-state index contributed by atoms with van der Waals surface area (Å²) >= 11 is 1.39. The van der Waals surface area contributed by atoms with Crippen molar-refractivity contribution >= 4 is 33.0 Å². The van der Waals surface area contributed by atoms with Gasteiger partial charge in [0.05, 0.1) is 24.2 Å². The highest BCUT2D eigenvalue weighted by molar-refractivity contribution is 7.91. The van der Waals surface area contributed by atoms with Gasteiger partial charge in [-0.2, -0.15) is 0 Å². The van der Waals surface area contributed by atoms with Crippen LogP contribution in [0.25, 0.3) is 0 Å². The number of ether oxygens (including phenoxy) is 1. The number of sulfone groups is 1. The Kier molecular flexibility index (Phi) is 6.15. The van der Waals surface area contributed by atoms with Gasteiger partial charge in [-0.3, -0.25) is 4.90 Å². The average molecular weight is 479 g/mol. The molecule has 0 aliphatic carbocycles. The number of methoxy groups -OCH3 is 1. The molecule has 1 saturated heterocycles. The molecule has 4 rings (SSSR count). The third-order valence-electron chi connectivity index (χ3n) is 5.64. The van der Waals surface area contributed by atoms with Gasteiger partial charge in [0.15, 0.2) is 20.7 Å². The molecule has 1 atom stereocenters. The number of aliphatic imine (C=N–C) groups is 1. The second kappa shape index (κ2) is 8.72. The number of carbonyl (C=O) groups is 1. The highest BCUT2D eigenvalue weighted by Gasteiger charge is 2.43. The minimum Gasteiger partial charge on any atom is -0.466 e. The van der Waals surface area contributed by atoms with E-state index in [4.69, 9.17) is 9.73 Å². The predicted octanol–water partition coefficient (Wildman–Crippen LogP) is 1.70. The van der Waals surface area contributed by atoms with Gasteiger partial charge in [0.2, 0.25) is 0 Å². The molecular formula is C21H23FN4O4S2. The van der Waals surface area contributed by atoms with Gasteiger partial charge < -0.3 is 10.1 Å². The van der Waals surface area contributed by atoms with Crippen LogP contribution in [-0.2, 0) is 24.9 Å². The van der Waals surface area contributed by atoms with Crippen molar-refractivity contribution in [1.29, 1.82) is 0 Å². The largest absolute Gasteiger partial charge is 0.466 e. The molecule has 0 bridgehead atoms.